The SMILES string of the molecule is CNCc1ccc(OCC(=O)O)c(-c2cccc(C#N)c2)c1.Fc1cc(S)ccc1Cl. The van der Waals surface area contributed by atoms with E-state index in [9.17, 15) is 9.18 Å². The smallest absolute Gasteiger partial charge is 0.341 e. The first-order chi connectivity index (χ1) is 14.8. The maximum Gasteiger partial charge on any atom is 0.341 e. The Labute approximate surface area is 190 Å². The molecule has 0 aliphatic rings. The van der Waals surface area contributed by atoms with Crippen LogP contribution in [0.2, 0.25) is 5.02 Å². The topological polar surface area (TPSA) is 82.3 Å². The number of benzene rings is 3. The van der Waals surface area contributed by atoms with Gasteiger partial charge in [0.1, 0.15) is 11.6 Å². The average Bonchev–Trinajstić information content (AvgIpc) is 2.76. The Balaban J connectivity index is 0.000000316. The van der Waals surface area contributed by atoms with Crippen LogP contribution < -0.4 is 10.1 Å². The fraction of sp³-hybridized carbons (Fsp3) is 0.130. The molecule has 0 atom stereocenters. The predicted molar refractivity (Wildman–Crippen MR) is 121 cm³/mol. The molecule has 0 aliphatic carbocycles. The minimum absolute atomic E-state index is 0.132. The van der Waals surface area contributed by atoms with Crippen LogP contribution in [0.3, 0.4) is 0 Å². The Bertz CT molecular complexity index is 1100. The van der Waals surface area contributed by atoms with Gasteiger partial charge in [-0.1, -0.05) is 29.8 Å². The van der Waals surface area contributed by atoms with Gasteiger partial charge in [0, 0.05) is 17.0 Å². The van der Waals surface area contributed by atoms with Crippen LogP contribution in [0.5, 0.6) is 5.75 Å². The van der Waals surface area contributed by atoms with Crippen molar-refractivity contribution in [2.75, 3.05) is 13.7 Å². The van der Waals surface area contributed by atoms with E-state index in [1.54, 1.807) is 30.3 Å². The minimum Gasteiger partial charge on any atom is -0.481 e. The molecule has 0 radical (unpaired) electrons. The van der Waals surface area contributed by atoms with Crippen molar-refractivity contribution in [1.82, 2.24) is 5.32 Å². The van der Waals surface area contributed by atoms with Crippen molar-refractivity contribution in [3.05, 3.63) is 82.6 Å². The molecule has 0 aromatic heterocycles. The molecule has 0 heterocycles. The molecule has 0 bridgehead atoms. The lowest BCUT2D eigenvalue weighted by atomic mass is 10.00. The second kappa shape index (κ2) is 12.0. The third kappa shape index (κ3) is 7.61. The number of thiol groups is 1. The molecule has 2 N–H and O–H groups in total. The predicted octanol–water partition coefficient (Wildman–Crippen LogP) is 5.18. The maximum absolute atomic E-state index is 12.4. The number of hydrogen-bond acceptors (Lipinski definition) is 5. The molecule has 0 fully saturated rings. The molecule has 3 aromatic rings. The fourth-order valence-corrected chi connectivity index (χ4v) is 2.93. The highest BCUT2D eigenvalue weighted by Crippen LogP contribution is 2.31. The van der Waals surface area contributed by atoms with Crippen molar-refractivity contribution in [2.24, 2.45) is 0 Å². The van der Waals surface area contributed by atoms with Crippen LogP contribution in [0, 0.1) is 17.1 Å². The van der Waals surface area contributed by atoms with Gasteiger partial charge in [0.05, 0.1) is 16.7 Å². The summed E-state index contributed by atoms with van der Waals surface area (Å²) < 4.78 is 17.8. The Morgan fingerprint density at radius 1 is 1.23 bits per heavy atom. The van der Waals surface area contributed by atoms with Gasteiger partial charge < -0.3 is 15.2 Å². The van der Waals surface area contributed by atoms with Crippen LogP contribution in [0.15, 0.2) is 65.6 Å². The number of rotatable bonds is 6. The zero-order valence-electron chi connectivity index (χ0n) is 16.6. The van der Waals surface area contributed by atoms with Gasteiger partial charge in [-0.15, -0.1) is 12.6 Å². The van der Waals surface area contributed by atoms with E-state index in [1.165, 1.54) is 12.1 Å². The first kappa shape index (κ1) is 24.2. The van der Waals surface area contributed by atoms with E-state index in [2.05, 4.69) is 24.0 Å². The third-order valence-corrected chi connectivity index (χ3v) is 4.57. The fourth-order valence-electron chi connectivity index (χ4n) is 2.62. The van der Waals surface area contributed by atoms with Gasteiger partial charge in [-0.2, -0.15) is 5.26 Å². The minimum atomic E-state index is -1.03. The summed E-state index contributed by atoms with van der Waals surface area (Å²) in [6.45, 7) is 0.278. The number of ether oxygens (including phenoxy) is 1. The van der Waals surface area contributed by atoms with E-state index in [4.69, 9.17) is 26.7 Å². The number of carbonyl (C=O) groups is 1. The second-order valence-corrected chi connectivity index (χ2v) is 7.26. The Morgan fingerprint density at radius 3 is 2.61 bits per heavy atom. The van der Waals surface area contributed by atoms with Gasteiger partial charge >= 0.3 is 5.97 Å². The van der Waals surface area contributed by atoms with Crippen LogP contribution in [0.1, 0.15) is 11.1 Å². The molecule has 0 amide bonds. The van der Waals surface area contributed by atoms with Gasteiger partial charge in [0.2, 0.25) is 0 Å². The second-order valence-electron chi connectivity index (χ2n) is 6.33. The Kier molecular flexibility index (Phi) is 9.35. The number of nitriles is 1. The molecule has 0 saturated heterocycles. The highest BCUT2D eigenvalue weighted by Gasteiger charge is 2.10. The van der Waals surface area contributed by atoms with Crippen molar-refractivity contribution >= 4 is 30.2 Å². The van der Waals surface area contributed by atoms with Crippen molar-refractivity contribution in [1.29, 1.82) is 5.26 Å². The van der Waals surface area contributed by atoms with E-state index in [0.717, 1.165) is 16.7 Å². The number of nitrogens with one attached hydrogen (secondary N) is 1. The largest absolute Gasteiger partial charge is 0.481 e. The molecule has 8 heteroatoms. The number of nitrogens with zero attached hydrogens (tertiary/aromatic N) is 1. The number of carboxylic acid groups (broad SMARTS) is 1. The van der Waals surface area contributed by atoms with Crippen LogP contribution >= 0.6 is 24.2 Å². The van der Waals surface area contributed by atoms with Crippen molar-refractivity contribution in [3.63, 3.8) is 0 Å². The Hall–Kier alpha value is -3.05. The highest BCUT2D eigenvalue weighted by molar-refractivity contribution is 7.80. The monoisotopic (exact) mass is 458 g/mol. The number of halogens is 2. The molecular weight excluding hydrogens is 439 g/mol. The number of hydrogen-bond donors (Lipinski definition) is 3. The molecule has 0 spiro atoms. The van der Waals surface area contributed by atoms with Crippen molar-refractivity contribution < 1.29 is 19.0 Å². The third-order valence-electron chi connectivity index (χ3n) is 3.98. The number of carboxylic acids is 1. The molecule has 0 aliphatic heterocycles. The molecular formula is C23H20ClFN2O3S. The van der Waals surface area contributed by atoms with E-state index in [0.29, 0.717) is 22.8 Å². The first-order valence-corrected chi connectivity index (χ1v) is 9.93. The average molecular weight is 459 g/mol. The standard InChI is InChI=1S/C17H16N2O3.C6H4ClFS/c1-19-10-13-5-6-16(22-11-17(20)21)15(8-13)14-4-2-3-12(7-14)9-18;7-5-2-1-4(9)3-6(5)8/h2-8,19H,10-11H2,1H3,(H,20,21);1-3,9H. The van der Waals surface area contributed by atoms with Crippen LogP contribution in [0.4, 0.5) is 4.39 Å². The van der Waals surface area contributed by atoms with Gasteiger partial charge in [-0.05, 0) is 60.6 Å². The lowest BCUT2D eigenvalue weighted by molar-refractivity contribution is -0.139. The summed E-state index contributed by atoms with van der Waals surface area (Å²) in [6.07, 6.45) is 0. The summed E-state index contributed by atoms with van der Waals surface area (Å²) in [5.41, 5.74) is 3.17. The van der Waals surface area contributed by atoms with Gasteiger partial charge in [0.25, 0.3) is 0 Å². The van der Waals surface area contributed by atoms with Gasteiger partial charge in [-0.25, -0.2) is 9.18 Å². The molecule has 31 heavy (non-hydrogen) atoms. The zero-order valence-corrected chi connectivity index (χ0v) is 18.3. The summed E-state index contributed by atoms with van der Waals surface area (Å²) in [5, 5.41) is 21.0. The maximum atomic E-state index is 12.4. The van der Waals surface area contributed by atoms with E-state index in [1.807, 2.05) is 25.2 Å². The summed E-state index contributed by atoms with van der Waals surface area (Å²) in [7, 11) is 1.85. The van der Waals surface area contributed by atoms with Crippen molar-refractivity contribution in [3.8, 4) is 22.9 Å². The molecule has 0 saturated carbocycles. The highest BCUT2D eigenvalue weighted by atomic mass is 35.5. The molecule has 5 nitrogen and oxygen atoms in total. The van der Waals surface area contributed by atoms with E-state index < -0.39 is 18.4 Å². The Morgan fingerprint density at radius 2 is 2.00 bits per heavy atom. The summed E-state index contributed by atoms with van der Waals surface area (Å²) >= 11 is 9.27. The van der Waals surface area contributed by atoms with Crippen LogP contribution in [0.25, 0.3) is 11.1 Å². The molecule has 160 valence electrons. The first-order valence-electron chi connectivity index (χ1n) is 9.10. The van der Waals surface area contributed by atoms with Crippen LogP contribution in [-0.4, -0.2) is 24.7 Å². The van der Waals surface area contributed by atoms with Crippen LogP contribution in [-0.2, 0) is 11.3 Å². The van der Waals surface area contributed by atoms with Gasteiger partial charge in [-0.3, -0.25) is 0 Å². The molecule has 3 aromatic carbocycles. The lowest BCUT2D eigenvalue weighted by Crippen LogP contribution is -2.10. The molecule has 0 unspecified atom stereocenters. The summed E-state index contributed by atoms with van der Waals surface area (Å²) in [5.74, 6) is -0.975. The summed E-state index contributed by atoms with van der Waals surface area (Å²) in [4.78, 5) is 11.3. The zero-order chi connectivity index (χ0) is 22.8. The summed E-state index contributed by atoms with van der Waals surface area (Å²) in [6, 6.07) is 19.2. The van der Waals surface area contributed by atoms with E-state index >= 15 is 0 Å². The van der Waals surface area contributed by atoms with Gasteiger partial charge in [0.15, 0.2) is 6.61 Å². The van der Waals surface area contributed by atoms with Crippen molar-refractivity contribution in [2.45, 2.75) is 11.4 Å². The van der Waals surface area contributed by atoms with E-state index in [-0.39, 0.29) is 5.02 Å². The molecule has 3 rings (SSSR count). The lowest BCUT2D eigenvalue weighted by Gasteiger charge is -2.13. The quantitative estimate of drug-likeness (QED) is 0.443. The number of aliphatic carboxylic acids is 1. The normalized spacial score (nSPS) is 9.90.